The van der Waals surface area contributed by atoms with E-state index in [9.17, 15) is 4.79 Å². The Balaban J connectivity index is 2.18. The second-order valence-electron chi connectivity index (χ2n) is 7.58. The third-order valence-electron chi connectivity index (χ3n) is 6.06. The molecule has 1 heterocycles. The van der Waals surface area contributed by atoms with Gasteiger partial charge < -0.3 is 28.4 Å². The first-order valence-electron chi connectivity index (χ1n) is 9.83. The van der Waals surface area contributed by atoms with Crippen LogP contribution >= 0.6 is 0 Å². The second-order valence-corrected chi connectivity index (χ2v) is 7.58. The van der Waals surface area contributed by atoms with Crippen molar-refractivity contribution < 1.29 is 33.2 Å². The summed E-state index contributed by atoms with van der Waals surface area (Å²) in [6, 6.07) is 3.69. The number of carbonyl (C=O) groups excluding carboxylic acids is 1. The molecule has 0 bridgehead atoms. The molecule has 2 atom stereocenters. The van der Waals surface area contributed by atoms with E-state index in [2.05, 4.69) is 6.92 Å². The van der Waals surface area contributed by atoms with E-state index in [4.69, 9.17) is 28.4 Å². The van der Waals surface area contributed by atoms with E-state index in [-0.39, 0.29) is 24.4 Å². The van der Waals surface area contributed by atoms with Crippen molar-refractivity contribution >= 4 is 5.78 Å². The van der Waals surface area contributed by atoms with Gasteiger partial charge in [-0.15, -0.1) is 0 Å². The summed E-state index contributed by atoms with van der Waals surface area (Å²) in [4.78, 5) is 13.5. The first-order chi connectivity index (χ1) is 14.5. The Morgan fingerprint density at radius 3 is 2.20 bits per heavy atom. The predicted molar refractivity (Wildman–Crippen MR) is 111 cm³/mol. The lowest BCUT2D eigenvalue weighted by Crippen LogP contribution is -2.24. The van der Waals surface area contributed by atoms with Gasteiger partial charge in [0.05, 0.1) is 28.4 Å². The van der Waals surface area contributed by atoms with Gasteiger partial charge in [0.1, 0.15) is 0 Å². The molecule has 0 amide bonds. The van der Waals surface area contributed by atoms with Crippen LogP contribution in [0.15, 0.2) is 12.1 Å². The number of hydrogen-bond donors (Lipinski definition) is 0. The molecule has 0 N–H and O–H groups in total. The first-order valence-corrected chi connectivity index (χ1v) is 9.83. The Morgan fingerprint density at radius 1 is 0.867 bits per heavy atom. The van der Waals surface area contributed by atoms with Gasteiger partial charge in [0.2, 0.25) is 18.3 Å². The maximum absolute atomic E-state index is 13.5. The fourth-order valence-electron chi connectivity index (χ4n) is 4.32. The molecule has 7 nitrogen and oxygen atoms in total. The molecular formula is C23H26O7. The van der Waals surface area contributed by atoms with Crippen LogP contribution in [0.4, 0.5) is 0 Å². The van der Waals surface area contributed by atoms with Crippen LogP contribution in [0.3, 0.4) is 0 Å². The smallest absolute Gasteiger partial charge is 0.231 e. The highest BCUT2D eigenvalue weighted by Crippen LogP contribution is 2.56. The Bertz CT molecular complexity index is 1010. The summed E-state index contributed by atoms with van der Waals surface area (Å²) in [6.07, 6.45) is 0.673. The van der Waals surface area contributed by atoms with Gasteiger partial charge in [-0.05, 0) is 30.0 Å². The third-order valence-corrected chi connectivity index (χ3v) is 6.06. The maximum Gasteiger partial charge on any atom is 0.231 e. The number of methoxy groups -OCH3 is 4. The van der Waals surface area contributed by atoms with Gasteiger partial charge in [-0.1, -0.05) is 13.8 Å². The molecule has 2 aromatic rings. The normalized spacial score (nSPS) is 19.3. The third kappa shape index (κ3) is 2.83. The summed E-state index contributed by atoms with van der Waals surface area (Å²) >= 11 is 0. The summed E-state index contributed by atoms with van der Waals surface area (Å²) in [7, 11) is 6.21. The molecule has 0 fully saturated rings. The minimum absolute atomic E-state index is 0.0159. The van der Waals surface area contributed by atoms with Gasteiger partial charge >= 0.3 is 0 Å². The van der Waals surface area contributed by atoms with Crippen molar-refractivity contribution in [2.24, 2.45) is 11.8 Å². The zero-order valence-corrected chi connectivity index (χ0v) is 18.1. The molecule has 160 valence electrons. The maximum atomic E-state index is 13.5. The number of rotatable bonds is 4. The topological polar surface area (TPSA) is 72.5 Å². The lowest BCUT2D eigenvalue weighted by Gasteiger charge is -2.29. The van der Waals surface area contributed by atoms with Gasteiger partial charge in [0.25, 0.3) is 0 Å². The highest BCUT2D eigenvalue weighted by molar-refractivity contribution is 6.08. The van der Waals surface area contributed by atoms with Gasteiger partial charge in [-0.2, -0.15) is 0 Å². The lowest BCUT2D eigenvalue weighted by molar-refractivity contribution is 0.0892. The molecule has 7 heteroatoms. The Kier molecular flexibility index (Phi) is 5.13. The minimum Gasteiger partial charge on any atom is -0.493 e. The van der Waals surface area contributed by atoms with Crippen molar-refractivity contribution in [2.75, 3.05) is 35.2 Å². The van der Waals surface area contributed by atoms with Crippen LogP contribution < -0.4 is 28.4 Å². The fourth-order valence-corrected chi connectivity index (χ4v) is 4.32. The second kappa shape index (κ2) is 7.63. The number of Topliss-reactive ketones (excluding diaryl/α,β-unsaturated/α-hetero) is 1. The fraction of sp³-hybridized carbons (Fsp3) is 0.435. The number of benzene rings is 2. The van der Waals surface area contributed by atoms with E-state index in [1.54, 1.807) is 27.4 Å². The van der Waals surface area contributed by atoms with Crippen molar-refractivity contribution in [3.8, 4) is 45.6 Å². The average Bonchev–Trinajstić information content (AvgIpc) is 3.23. The Hall–Kier alpha value is -3.09. The molecule has 0 saturated heterocycles. The van der Waals surface area contributed by atoms with E-state index in [0.717, 1.165) is 11.1 Å². The summed E-state index contributed by atoms with van der Waals surface area (Å²) in [5.74, 6) is 2.86. The largest absolute Gasteiger partial charge is 0.493 e. The molecule has 0 radical (unpaired) electrons. The van der Waals surface area contributed by atoms with E-state index in [1.807, 2.05) is 13.0 Å². The van der Waals surface area contributed by atoms with Crippen LogP contribution in [0.5, 0.6) is 34.5 Å². The highest BCUT2D eigenvalue weighted by atomic mass is 16.7. The number of ether oxygens (including phenoxy) is 6. The van der Waals surface area contributed by atoms with Crippen molar-refractivity contribution in [1.29, 1.82) is 0 Å². The number of ketones is 1. The van der Waals surface area contributed by atoms with Crippen LogP contribution in [0, 0.1) is 11.8 Å². The zero-order valence-electron chi connectivity index (χ0n) is 18.1. The highest BCUT2D eigenvalue weighted by Gasteiger charge is 2.37. The van der Waals surface area contributed by atoms with Crippen molar-refractivity contribution in [1.82, 2.24) is 0 Å². The summed E-state index contributed by atoms with van der Waals surface area (Å²) in [5, 5.41) is 0. The van der Waals surface area contributed by atoms with Crippen LogP contribution in [0.25, 0.3) is 11.1 Å². The van der Waals surface area contributed by atoms with E-state index < -0.39 is 0 Å². The van der Waals surface area contributed by atoms with Crippen molar-refractivity contribution in [2.45, 2.75) is 20.3 Å². The molecule has 0 unspecified atom stereocenters. The standard InChI is InChI=1S/C23H26O7/c1-11-7-13-8-16-21(30-10-29-16)22(27-5)17(13)18-14(19(24)12(11)2)9-15(25-3)20(26-4)23(18)28-6/h8-9,11-12H,7,10H2,1-6H3/t11-,12-/m1/s1. The lowest BCUT2D eigenvalue weighted by atomic mass is 9.77. The number of hydrogen-bond acceptors (Lipinski definition) is 7. The molecule has 30 heavy (non-hydrogen) atoms. The number of fused-ring (bicyclic) bond motifs is 4. The predicted octanol–water partition coefficient (Wildman–Crippen LogP) is 4.13. The average molecular weight is 414 g/mol. The molecule has 0 saturated carbocycles. The van der Waals surface area contributed by atoms with E-state index in [0.29, 0.717) is 52.0 Å². The van der Waals surface area contributed by atoms with Crippen LogP contribution in [-0.2, 0) is 6.42 Å². The zero-order chi connectivity index (χ0) is 21.6. The Morgan fingerprint density at radius 2 is 1.57 bits per heavy atom. The van der Waals surface area contributed by atoms with Crippen molar-refractivity contribution in [3.05, 3.63) is 23.3 Å². The van der Waals surface area contributed by atoms with Crippen LogP contribution in [0.2, 0.25) is 0 Å². The van der Waals surface area contributed by atoms with E-state index >= 15 is 0 Å². The Labute approximate surface area is 175 Å². The quantitative estimate of drug-likeness (QED) is 0.745. The molecule has 4 rings (SSSR count). The van der Waals surface area contributed by atoms with Gasteiger partial charge in [0, 0.05) is 22.6 Å². The first kappa shape index (κ1) is 20.2. The molecule has 1 aliphatic carbocycles. The van der Waals surface area contributed by atoms with E-state index in [1.165, 1.54) is 7.11 Å². The molecular weight excluding hydrogens is 388 g/mol. The van der Waals surface area contributed by atoms with Crippen LogP contribution in [-0.4, -0.2) is 41.0 Å². The molecule has 0 spiro atoms. The van der Waals surface area contributed by atoms with Gasteiger partial charge in [0.15, 0.2) is 28.8 Å². The number of carbonyl (C=O) groups is 1. The minimum atomic E-state index is -0.198. The summed E-state index contributed by atoms with van der Waals surface area (Å²) < 4.78 is 34.0. The molecule has 0 aromatic heterocycles. The molecule has 2 aromatic carbocycles. The molecule has 1 aliphatic heterocycles. The summed E-state index contributed by atoms with van der Waals surface area (Å²) in [6.45, 7) is 4.15. The summed E-state index contributed by atoms with van der Waals surface area (Å²) in [5.41, 5.74) is 2.86. The van der Waals surface area contributed by atoms with Crippen molar-refractivity contribution in [3.63, 3.8) is 0 Å². The molecule has 2 aliphatic rings. The van der Waals surface area contributed by atoms with Crippen LogP contribution in [0.1, 0.15) is 29.8 Å². The van der Waals surface area contributed by atoms with Gasteiger partial charge in [-0.25, -0.2) is 0 Å². The monoisotopic (exact) mass is 414 g/mol. The van der Waals surface area contributed by atoms with Gasteiger partial charge in [-0.3, -0.25) is 4.79 Å². The SMILES string of the molecule is COc1cc2c(c(OC)c1OC)-c1c(cc3c(c1OC)OCO3)C[C@@H](C)[C@@H](C)C2=O.